The van der Waals surface area contributed by atoms with Gasteiger partial charge in [0.1, 0.15) is 30.2 Å². The number of carboxylic acid groups (broad SMARTS) is 1. The number of aromatic amines is 1. The Balaban J connectivity index is 0.00000870. The summed E-state index contributed by atoms with van der Waals surface area (Å²) in [6, 6.07) is 1.01. The topological polar surface area (TPSA) is 326 Å². The molecule has 5 atom stereocenters. The molecule has 20 nitrogen and oxygen atoms in total. The van der Waals surface area contributed by atoms with E-state index in [9.17, 15) is 43.5 Å². The number of carbonyl (C=O) groups is 8. The van der Waals surface area contributed by atoms with Crippen molar-refractivity contribution in [1.82, 2.24) is 36.5 Å². The fourth-order valence-electron chi connectivity index (χ4n) is 6.23. The molecule has 4 rings (SSSR count). The van der Waals surface area contributed by atoms with Crippen molar-refractivity contribution < 1.29 is 43.5 Å². The summed E-state index contributed by atoms with van der Waals surface area (Å²) in [6.07, 6.45) is 1.76. The standard InChI is InChI=1S/C34H47N11O9S2.CH4/c35-29(50)24-17-56-55-12-9-26(46)41-21(7-3-10-38-34(36)37)30(51)40-16-27(47)42-22(14-28(48)49)31(52)43-23(13-18-15-39-20-6-2-1-5-19(18)20)33(54)45-11-4-8-25(45)32(53)44-24;/h1-2,5-6,15,21-25,39H,3-4,7-14,16-17H2,(H2,35,50)(H,40,51)(H,41,46)(H,42,47)(H,43,52)(H,44,53)(H,48,49)(H4,36,37,38);1H4/t21-,22-,23-,24-,25-;/m0./s1. The third kappa shape index (κ3) is 13.9. The molecule has 57 heavy (non-hydrogen) atoms. The summed E-state index contributed by atoms with van der Waals surface area (Å²) < 4.78 is 0. The average molecular weight is 834 g/mol. The summed E-state index contributed by atoms with van der Waals surface area (Å²) in [7, 11) is 2.43. The van der Waals surface area contributed by atoms with E-state index in [4.69, 9.17) is 17.2 Å². The highest BCUT2D eigenvalue weighted by Crippen LogP contribution is 2.25. The Bertz CT molecular complexity index is 1820. The molecule has 1 aromatic carbocycles. The van der Waals surface area contributed by atoms with Gasteiger partial charge < -0.3 is 58.8 Å². The van der Waals surface area contributed by atoms with Crippen molar-refractivity contribution in [3.63, 3.8) is 0 Å². The normalized spacial score (nSPS) is 23.4. The van der Waals surface area contributed by atoms with Crippen LogP contribution in [0.25, 0.3) is 10.9 Å². The molecule has 0 bridgehead atoms. The number of carboxylic acids is 1. The van der Waals surface area contributed by atoms with Gasteiger partial charge in [-0.25, -0.2) is 0 Å². The van der Waals surface area contributed by atoms with Crippen LogP contribution in [0.15, 0.2) is 35.5 Å². The SMILES string of the molecule is C.NC(=O)[C@@H]1CSSCCC(=O)N[C@@H](CCCN=C(N)N)C(=O)NCC(=O)N[C@@H](CC(=O)O)C(=O)N[C@@H](Cc2c[nH]c3ccccc23)C(=O)N2CCC[C@H]2C(=O)N1. The highest BCUT2D eigenvalue weighted by Gasteiger charge is 2.40. The van der Waals surface area contributed by atoms with Gasteiger partial charge in [0.2, 0.25) is 41.4 Å². The van der Waals surface area contributed by atoms with Crippen LogP contribution < -0.4 is 43.8 Å². The molecule has 0 spiro atoms. The Kier molecular flexibility index (Phi) is 17.9. The first kappa shape index (κ1) is 45.9. The Morgan fingerprint density at radius 2 is 1.63 bits per heavy atom. The number of guanidine groups is 1. The van der Waals surface area contributed by atoms with E-state index in [2.05, 4.69) is 36.6 Å². The minimum Gasteiger partial charge on any atom is -0.481 e. The van der Waals surface area contributed by atoms with Gasteiger partial charge in [-0.1, -0.05) is 47.2 Å². The predicted octanol–water partition coefficient (Wildman–Crippen LogP) is -1.81. The Morgan fingerprint density at radius 1 is 0.895 bits per heavy atom. The summed E-state index contributed by atoms with van der Waals surface area (Å²) in [5.41, 5.74) is 17.8. The fraction of sp³-hybridized carbons (Fsp3) is 0.514. The number of amides is 7. The minimum absolute atomic E-state index is 0. The van der Waals surface area contributed by atoms with Gasteiger partial charge in [-0.2, -0.15) is 0 Å². The first-order valence-electron chi connectivity index (χ1n) is 17.9. The van der Waals surface area contributed by atoms with Crippen molar-refractivity contribution >= 4 is 85.8 Å². The summed E-state index contributed by atoms with van der Waals surface area (Å²) in [4.78, 5) is 113. The van der Waals surface area contributed by atoms with Gasteiger partial charge in [-0.3, -0.25) is 43.3 Å². The second kappa shape index (κ2) is 22.3. The quantitative estimate of drug-likeness (QED) is 0.0578. The molecule has 0 aliphatic carbocycles. The lowest BCUT2D eigenvalue weighted by Crippen LogP contribution is -2.59. The van der Waals surface area contributed by atoms with E-state index in [1.54, 1.807) is 12.3 Å². The highest BCUT2D eigenvalue weighted by atomic mass is 33.1. The molecule has 2 aliphatic heterocycles. The maximum atomic E-state index is 14.3. The number of carbonyl (C=O) groups excluding carboxylic acids is 7. The fourth-order valence-corrected chi connectivity index (χ4v) is 8.39. The number of aliphatic imine (C=N–C) groups is 1. The Hall–Kier alpha value is -5.51. The van der Waals surface area contributed by atoms with E-state index < -0.39 is 90.5 Å². The predicted molar refractivity (Wildman–Crippen MR) is 215 cm³/mol. The van der Waals surface area contributed by atoms with Crippen LogP contribution >= 0.6 is 21.6 Å². The van der Waals surface area contributed by atoms with Crippen LogP contribution in [0, 0.1) is 0 Å². The van der Waals surface area contributed by atoms with Crippen LogP contribution in [0.4, 0.5) is 0 Å². The lowest BCUT2D eigenvalue weighted by atomic mass is 10.0. The molecular formula is C35H51N11O9S2. The van der Waals surface area contributed by atoms with Gasteiger partial charge in [0, 0.05) is 54.5 Å². The maximum Gasteiger partial charge on any atom is 0.305 e. The van der Waals surface area contributed by atoms with Crippen molar-refractivity contribution in [1.29, 1.82) is 0 Å². The number of nitrogens with zero attached hydrogens (tertiary/aromatic N) is 2. The molecule has 0 unspecified atom stereocenters. The van der Waals surface area contributed by atoms with Crippen molar-refractivity contribution in [2.45, 2.75) is 82.6 Å². The third-order valence-corrected chi connectivity index (χ3v) is 11.4. The number of H-pyrrole nitrogens is 1. The summed E-state index contributed by atoms with van der Waals surface area (Å²) in [6.45, 7) is -0.380. The van der Waals surface area contributed by atoms with Crippen LogP contribution in [0.5, 0.6) is 0 Å². The van der Waals surface area contributed by atoms with Gasteiger partial charge >= 0.3 is 5.97 Å². The first-order chi connectivity index (χ1) is 26.7. The van der Waals surface area contributed by atoms with Crippen molar-refractivity contribution in [3.8, 4) is 0 Å². The molecule has 3 heterocycles. The number of primary amides is 1. The molecule has 2 aliphatic rings. The third-order valence-electron chi connectivity index (χ3n) is 8.99. The molecule has 1 aromatic heterocycles. The summed E-state index contributed by atoms with van der Waals surface area (Å²) >= 11 is 0. The molecule has 22 heteroatoms. The van der Waals surface area contributed by atoms with Crippen molar-refractivity contribution in [3.05, 3.63) is 36.0 Å². The van der Waals surface area contributed by atoms with Crippen molar-refractivity contribution in [2.75, 3.05) is 31.1 Å². The van der Waals surface area contributed by atoms with Gasteiger partial charge in [0.05, 0.1) is 13.0 Å². The number of aliphatic carboxylic acids is 1. The Morgan fingerprint density at radius 3 is 2.35 bits per heavy atom. The lowest BCUT2D eigenvalue weighted by molar-refractivity contribution is -0.143. The van der Waals surface area contributed by atoms with Crippen LogP contribution in [0.2, 0.25) is 0 Å². The average Bonchev–Trinajstić information content (AvgIpc) is 3.81. The van der Waals surface area contributed by atoms with Gasteiger partial charge in [0.25, 0.3) is 0 Å². The first-order valence-corrected chi connectivity index (χ1v) is 20.4. The molecule has 0 radical (unpaired) electrons. The van der Waals surface area contributed by atoms with Crippen LogP contribution in [0.3, 0.4) is 0 Å². The minimum atomic E-state index is -1.68. The molecule has 7 amide bonds. The smallest absolute Gasteiger partial charge is 0.305 e. The zero-order valence-electron chi connectivity index (χ0n) is 30.4. The van der Waals surface area contributed by atoms with E-state index in [0.29, 0.717) is 12.0 Å². The molecule has 0 saturated carbocycles. The maximum absolute atomic E-state index is 14.3. The second-order valence-electron chi connectivity index (χ2n) is 13.1. The summed E-state index contributed by atoms with van der Waals surface area (Å²) in [5.74, 6) is -6.51. The van der Waals surface area contributed by atoms with E-state index in [-0.39, 0.29) is 70.1 Å². The molecule has 13 N–H and O–H groups in total. The summed E-state index contributed by atoms with van der Waals surface area (Å²) in [5, 5.41) is 23.0. The Labute approximate surface area is 336 Å². The molecule has 2 saturated heterocycles. The largest absolute Gasteiger partial charge is 0.481 e. The zero-order chi connectivity index (χ0) is 40.8. The molecular weight excluding hydrogens is 783 g/mol. The second-order valence-corrected chi connectivity index (χ2v) is 15.8. The highest BCUT2D eigenvalue weighted by molar-refractivity contribution is 8.76. The van der Waals surface area contributed by atoms with E-state index in [0.717, 1.165) is 10.9 Å². The van der Waals surface area contributed by atoms with Crippen molar-refractivity contribution in [2.24, 2.45) is 22.2 Å². The zero-order valence-corrected chi connectivity index (χ0v) is 32.0. The van der Waals surface area contributed by atoms with Gasteiger partial charge in [0.15, 0.2) is 5.96 Å². The number of fused-ring (bicyclic) bond motifs is 2. The van der Waals surface area contributed by atoms with E-state index >= 15 is 0 Å². The number of nitrogens with one attached hydrogen (secondary N) is 6. The number of para-hydroxylation sites is 1. The van der Waals surface area contributed by atoms with Crippen LogP contribution in [0.1, 0.15) is 51.5 Å². The lowest BCUT2D eigenvalue weighted by Gasteiger charge is -2.30. The van der Waals surface area contributed by atoms with Crippen LogP contribution in [-0.4, -0.2) is 130 Å². The number of hydrogen-bond acceptors (Lipinski definition) is 11. The van der Waals surface area contributed by atoms with E-state index in [1.165, 1.54) is 26.5 Å². The molecule has 312 valence electrons. The number of aromatic nitrogens is 1. The molecule has 2 fully saturated rings. The molecule has 2 aromatic rings. The number of hydrogen-bond donors (Lipinski definition) is 10. The van der Waals surface area contributed by atoms with Gasteiger partial charge in [-0.15, -0.1) is 0 Å². The number of nitrogens with two attached hydrogens (primary N) is 3. The van der Waals surface area contributed by atoms with Gasteiger partial charge in [-0.05, 0) is 37.3 Å². The number of benzene rings is 1. The monoisotopic (exact) mass is 833 g/mol. The number of rotatable bonds is 9. The van der Waals surface area contributed by atoms with Crippen LogP contribution in [-0.2, 0) is 44.8 Å². The van der Waals surface area contributed by atoms with E-state index in [1.807, 2.05) is 18.2 Å².